The van der Waals surface area contributed by atoms with Crippen LogP contribution in [0.3, 0.4) is 0 Å². The molecule has 1 fully saturated rings. The summed E-state index contributed by atoms with van der Waals surface area (Å²) in [5.74, 6) is -0.370. The summed E-state index contributed by atoms with van der Waals surface area (Å²) in [6.07, 6.45) is 2.99. The molecule has 0 bridgehead atoms. The zero-order chi connectivity index (χ0) is 14.9. The topological polar surface area (TPSA) is 46.6 Å². The minimum absolute atomic E-state index is 0.0336. The molecule has 3 rings (SSSR count). The average molecular weight is 287 g/mol. The van der Waals surface area contributed by atoms with E-state index in [4.69, 9.17) is 4.74 Å². The van der Waals surface area contributed by atoms with E-state index in [2.05, 4.69) is 12.1 Å². The molecule has 112 valence electrons. The first-order valence-corrected chi connectivity index (χ1v) is 7.71. The van der Waals surface area contributed by atoms with Gasteiger partial charge in [-0.25, -0.2) is 0 Å². The molecule has 1 aliphatic heterocycles. The van der Waals surface area contributed by atoms with Crippen molar-refractivity contribution in [2.75, 3.05) is 19.7 Å². The van der Waals surface area contributed by atoms with Gasteiger partial charge in [-0.2, -0.15) is 0 Å². The molecule has 1 aliphatic carbocycles. The molecule has 0 unspecified atom stereocenters. The molecule has 4 heteroatoms. The quantitative estimate of drug-likeness (QED) is 0.630. The Labute approximate surface area is 125 Å². The van der Waals surface area contributed by atoms with Gasteiger partial charge in [0.25, 0.3) is 0 Å². The zero-order valence-corrected chi connectivity index (χ0v) is 12.4. The van der Waals surface area contributed by atoms with Gasteiger partial charge in [-0.3, -0.25) is 9.59 Å². The maximum absolute atomic E-state index is 12.7. The summed E-state index contributed by atoms with van der Waals surface area (Å²) in [7, 11) is 0. The Kier molecular flexibility index (Phi) is 3.70. The Morgan fingerprint density at radius 3 is 2.19 bits per heavy atom. The highest BCUT2D eigenvalue weighted by Gasteiger charge is 2.59. The molecule has 0 spiro atoms. The number of carbonyl (C=O) groups is 2. The number of carbonyl (C=O) groups excluding carboxylic acids is 2. The van der Waals surface area contributed by atoms with Crippen LogP contribution in [0.25, 0.3) is 0 Å². The largest absolute Gasteiger partial charge is 0.465 e. The van der Waals surface area contributed by atoms with Crippen LogP contribution in [0.15, 0.2) is 24.3 Å². The zero-order valence-electron chi connectivity index (χ0n) is 12.4. The van der Waals surface area contributed by atoms with Crippen LogP contribution < -0.4 is 0 Å². The number of rotatable bonds is 3. The van der Waals surface area contributed by atoms with Crippen molar-refractivity contribution in [2.24, 2.45) is 5.41 Å². The van der Waals surface area contributed by atoms with Crippen LogP contribution in [0.4, 0.5) is 0 Å². The smallest absolute Gasteiger partial charge is 0.321 e. The van der Waals surface area contributed by atoms with Crippen molar-refractivity contribution in [1.82, 2.24) is 4.90 Å². The van der Waals surface area contributed by atoms with E-state index >= 15 is 0 Å². The van der Waals surface area contributed by atoms with E-state index in [-0.39, 0.29) is 11.9 Å². The van der Waals surface area contributed by atoms with Gasteiger partial charge >= 0.3 is 5.97 Å². The van der Waals surface area contributed by atoms with E-state index in [1.54, 1.807) is 6.92 Å². The number of ether oxygens (including phenoxy) is 1. The molecular formula is C17H21NO3. The molecule has 1 aromatic rings. The van der Waals surface area contributed by atoms with Crippen LogP contribution in [0, 0.1) is 5.41 Å². The first kappa shape index (κ1) is 14.1. The average Bonchev–Trinajstić information content (AvgIpc) is 3.31. The molecule has 1 aromatic carbocycles. The summed E-state index contributed by atoms with van der Waals surface area (Å²) in [6, 6.07) is 8.33. The fourth-order valence-electron chi connectivity index (χ4n) is 3.07. The third-order valence-electron chi connectivity index (χ3n) is 4.53. The standard InChI is InChI=1S/C17H21NO3/c1-2-21-16(20)17(9-10-17)15(19)18-11-7-13-5-3-4-6-14(13)8-12-18/h3-6H,2,7-12H2,1H3. The fourth-order valence-corrected chi connectivity index (χ4v) is 3.07. The van der Waals surface area contributed by atoms with E-state index in [1.807, 2.05) is 17.0 Å². The number of hydrogen-bond donors (Lipinski definition) is 0. The normalized spacial score (nSPS) is 19.4. The SMILES string of the molecule is CCOC(=O)C1(C(=O)N2CCc3ccccc3CC2)CC1. The van der Waals surface area contributed by atoms with Gasteiger partial charge < -0.3 is 9.64 Å². The first-order valence-electron chi connectivity index (χ1n) is 7.71. The molecule has 0 radical (unpaired) electrons. The lowest BCUT2D eigenvalue weighted by molar-refractivity contribution is -0.157. The highest BCUT2D eigenvalue weighted by molar-refractivity contribution is 6.05. The van der Waals surface area contributed by atoms with Crippen molar-refractivity contribution in [2.45, 2.75) is 32.6 Å². The van der Waals surface area contributed by atoms with E-state index in [0.29, 0.717) is 32.5 Å². The summed E-state index contributed by atoms with van der Waals surface area (Å²) in [5.41, 5.74) is 1.76. The van der Waals surface area contributed by atoms with Crippen molar-refractivity contribution in [3.05, 3.63) is 35.4 Å². The van der Waals surface area contributed by atoms with E-state index in [9.17, 15) is 9.59 Å². The second-order valence-electron chi connectivity index (χ2n) is 5.86. The lowest BCUT2D eigenvalue weighted by Gasteiger charge is -2.24. The van der Waals surface area contributed by atoms with Crippen molar-refractivity contribution in [3.8, 4) is 0 Å². The second-order valence-corrected chi connectivity index (χ2v) is 5.86. The van der Waals surface area contributed by atoms with Crippen molar-refractivity contribution in [1.29, 1.82) is 0 Å². The highest BCUT2D eigenvalue weighted by Crippen LogP contribution is 2.48. The molecule has 0 atom stereocenters. The number of hydrogen-bond acceptors (Lipinski definition) is 3. The molecule has 1 saturated carbocycles. The number of nitrogens with zero attached hydrogens (tertiary/aromatic N) is 1. The minimum atomic E-state index is -0.869. The summed E-state index contributed by atoms with van der Waals surface area (Å²) >= 11 is 0. The third-order valence-corrected chi connectivity index (χ3v) is 4.53. The van der Waals surface area contributed by atoms with Crippen LogP contribution in [0.1, 0.15) is 30.9 Å². The minimum Gasteiger partial charge on any atom is -0.465 e. The Morgan fingerprint density at radius 1 is 1.14 bits per heavy atom. The molecule has 21 heavy (non-hydrogen) atoms. The van der Waals surface area contributed by atoms with Gasteiger partial charge in [-0.05, 0) is 43.7 Å². The molecule has 0 saturated heterocycles. The monoisotopic (exact) mass is 287 g/mol. The van der Waals surface area contributed by atoms with Crippen LogP contribution in [0.5, 0.6) is 0 Å². The third kappa shape index (κ3) is 2.55. The predicted molar refractivity (Wildman–Crippen MR) is 78.7 cm³/mol. The molecule has 2 aliphatic rings. The predicted octanol–water partition coefficient (Wildman–Crippen LogP) is 1.96. The Hall–Kier alpha value is -1.84. The lowest BCUT2D eigenvalue weighted by Crippen LogP contribution is -2.42. The summed E-state index contributed by atoms with van der Waals surface area (Å²) in [6.45, 7) is 3.49. The van der Waals surface area contributed by atoms with Gasteiger partial charge in [0.05, 0.1) is 6.61 Å². The van der Waals surface area contributed by atoms with Crippen LogP contribution in [-0.2, 0) is 27.2 Å². The van der Waals surface area contributed by atoms with Gasteiger partial charge in [0.15, 0.2) is 0 Å². The molecular weight excluding hydrogens is 266 g/mol. The number of fused-ring (bicyclic) bond motifs is 1. The maximum atomic E-state index is 12.7. The van der Waals surface area contributed by atoms with E-state index in [0.717, 1.165) is 12.8 Å². The maximum Gasteiger partial charge on any atom is 0.321 e. The number of amides is 1. The lowest BCUT2D eigenvalue weighted by atomic mass is 10.0. The van der Waals surface area contributed by atoms with Crippen LogP contribution in [-0.4, -0.2) is 36.5 Å². The molecule has 1 heterocycles. The Balaban J connectivity index is 1.71. The van der Waals surface area contributed by atoms with Gasteiger partial charge in [0.2, 0.25) is 5.91 Å². The summed E-state index contributed by atoms with van der Waals surface area (Å²) in [4.78, 5) is 26.6. The Bertz CT molecular complexity index is 536. The van der Waals surface area contributed by atoms with Crippen molar-refractivity contribution < 1.29 is 14.3 Å². The second kappa shape index (κ2) is 5.51. The van der Waals surface area contributed by atoms with E-state index < -0.39 is 5.41 Å². The van der Waals surface area contributed by atoms with Gasteiger partial charge in [0, 0.05) is 13.1 Å². The Morgan fingerprint density at radius 2 is 1.71 bits per heavy atom. The molecule has 0 N–H and O–H groups in total. The van der Waals surface area contributed by atoms with Gasteiger partial charge in [0.1, 0.15) is 5.41 Å². The summed E-state index contributed by atoms with van der Waals surface area (Å²) < 4.78 is 5.09. The number of benzene rings is 1. The van der Waals surface area contributed by atoms with Crippen LogP contribution in [0.2, 0.25) is 0 Å². The highest BCUT2D eigenvalue weighted by atomic mass is 16.5. The van der Waals surface area contributed by atoms with Gasteiger partial charge in [-0.1, -0.05) is 24.3 Å². The summed E-state index contributed by atoms with van der Waals surface area (Å²) in [5, 5.41) is 0. The molecule has 0 aromatic heterocycles. The van der Waals surface area contributed by atoms with Crippen molar-refractivity contribution in [3.63, 3.8) is 0 Å². The van der Waals surface area contributed by atoms with E-state index in [1.165, 1.54) is 11.1 Å². The fraction of sp³-hybridized carbons (Fsp3) is 0.529. The van der Waals surface area contributed by atoms with Crippen molar-refractivity contribution >= 4 is 11.9 Å². The number of esters is 1. The van der Waals surface area contributed by atoms with Crippen LogP contribution >= 0.6 is 0 Å². The molecule has 1 amide bonds. The molecule has 4 nitrogen and oxygen atoms in total. The first-order chi connectivity index (χ1) is 10.2. The van der Waals surface area contributed by atoms with Gasteiger partial charge in [-0.15, -0.1) is 0 Å².